The van der Waals surface area contributed by atoms with Crippen molar-refractivity contribution in [1.29, 1.82) is 0 Å². The lowest BCUT2D eigenvalue weighted by Crippen LogP contribution is -2.46. The smallest absolute Gasteiger partial charge is 0.243 e. The second kappa shape index (κ2) is 8.78. The molecule has 0 unspecified atom stereocenters. The number of sulfonamides is 1. The summed E-state index contributed by atoms with van der Waals surface area (Å²) in [7, 11) is -0.356. The van der Waals surface area contributed by atoms with Gasteiger partial charge in [0.05, 0.1) is 17.9 Å². The van der Waals surface area contributed by atoms with Gasteiger partial charge in [0.1, 0.15) is 5.75 Å². The molecule has 1 fully saturated rings. The third-order valence-electron chi connectivity index (χ3n) is 5.95. The Morgan fingerprint density at radius 1 is 1.07 bits per heavy atom. The van der Waals surface area contributed by atoms with E-state index in [9.17, 15) is 13.2 Å². The molecule has 1 atom stereocenters. The fraction of sp³-hybridized carbons (Fsp3) is 0.435. The van der Waals surface area contributed by atoms with Gasteiger partial charge in [-0.1, -0.05) is 6.07 Å². The Morgan fingerprint density at radius 3 is 2.43 bits per heavy atom. The lowest BCUT2D eigenvalue weighted by molar-refractivity contribution is -0.123. The van der Waals surface area contributed by atoms with Gasteiger partial charge in [-0.15, -0.1) is 0 Å². The van der Waals surface area contributed by atoms with Gasteiger partial charge in [-0.3, -0.25) is 4.79 Å². The fourth-order valence-electron chi connectivity index (χ4n) is 3.86. The van der Waals surface area contributed by atoms with Crippen molar-refractivity contribution in [3.8, 4) is 5.75 Å². The number of benzene rings is 2. The Bertz CT molecular complexity index is 1050. The van der Waals surface area contributed by atoms with Crippen molar-refractivity contribution in [1.82, 2.24) is 4.31 Å². The fourth-order valence-corrected chi connectivity index (χ4v) is 5.47. The molecule has 6 nitrogen and oxygen atoms in total. The van der Waals surface area contributed by atoms with Gasteiger partial charge in [0.25, 0.3) is 0 Å². The molecule has 30 heavy (non-hydrogen) atoms. The summed E-state index contributed by atoms with van der Waals surface area (Å²) in [5.41, 5.74) is 3.88. The Kier molecular flexibility index (Phi) is 6.53. The number of amides is 1. The number of rotatable bonds is 5. The summed E-state index contributed by atoms with van der Waals surface area (Å²) in [4.78, 5) is 15.0. The quantitative estimate of drug-likeness (QED) is 0.726. The molecule has 0 bridgehead atoms. The van der Waals surface area contributed by atoms with Crippen molar-refractivity contribution in [2.24, 2.45) is 5.92 Å². The lowest BCUT2D eigenvalue weighted by atomic mass is 9.98. The first-order valence-corrected chi connectivity index (χ1v) is 11.6. The molecule has 3 rings (SSSR count). The number of piperidine rings is 1. The van der Waals surface area contributed by atoms with E-state index in [4.69, 9.17) is 4.74 Å². The Labute approximate surface area is 179 Å². The van der Waals surface area contributed by atoms with Gasteiger partial charge in [0, 0.05) is 25.8 Å². The highest BCUT2D eigenvalue weighted by Gasteiger charge is 2.35. The number of methoxy groups -OCH3 is 1. The largest absolute Gasteiger partial charge is 0.496 e. The molecular weight excluding hydrogens is 400 g/mol. The number of hydrogen-bond donors (Lipinski definition) is 0. The summed E-state index contributed by atoms with van der Waals surface area (Å²) in [5.74, 6) is 0.235. The van der Waals surface area contributed by atoms with Crippen LogP contribution in [0.2, 0.25) is 0 Å². The maximum Gasteiger partial charge on any atom is 0.243 e. The number of ether oxygens (including phenoxy) is 1. The monoisotopic (exact) mass is 430 g/mol. The second-order valence-corrected chi connectivity index (χ2v) is 9.94. The van der Waals surface area contributed by atoms with Crippen LogP contribution in [0, 0.1) is 26.7 Å². The SMILES string of the molecule is COc1ccc(S(=O)(=O)N2CCC[C@H](C(=O)N(C)c3ccc(C)c(C)c3)C2)cc1C. The van der Waals surface area contributed by atoms with Crippen LogP contribution in [-0.4, -0.2) is 45.9 Å². The van der Waals surface area contributed by atoms with Gasteiger partial charge < -0.3 is 9.64 Å². The first-order valence-electron chi connectivity index (χ1n) is 10.1. The minimum Gasteiger partial charge on any atom is -0.496 e. The molecule has 0 N–H and O–H groups in total. The van der Waals surface area contributed by atoms with E-state index in [0.29, 0.717) is 25.1 Å². The van der Waals surface area contributed by atoms with Crippen molar-refractivity contribution in [3.05, 3.63) is 53.1 Å². The lowest BCUT2D eigenvalue weighted by Gasteiger charge is -2.33. The zero-order chi connectivity index (χ0) is 22.1. The number of aryl methyl sites for hydroxylation is 3. The molecule has 0 aromatic heterocycles. The molecule has 2 aromatic carbocycles. The van der Waals surface area contributed by atoms with Crippen LogP contribution in [-0.2, 0) is 14.8 Å². The highest BCUT2D eigenvalue weighted by Crippen LogP contribution is 2.29. The molecule has 0 spiro atoms. The zero-order valence-corrected chi connectivity index (χ0v) is 19.1. The molecule has 1 aliphatic rings. The second-order valence-electron chi connectivity index (χ2n) is 8.00. The molecule has 0 radical (unpaired) electrons. The Morgan fingerprint density at radius 2 is 1.80 bits per heavy atom. The van der Waals surface area contributed by atoms with Crippen molar-refractivity contribution in [3.63, 3.8) is 0 Å². The average molecular weight is 431 g/mol. The average Bonchev–Trinajstić information content (AvgIpc) is 2.74. The molecule has 7 heteroatoms. The van der Waals surface area contributed by atoms with Crippen LogP contribution in [0.15, 0.2) is 41.3 Å². The molecular formula is C23H30N2O4S. The number of anilines is 1. The summed E-state index contributed by atoms with van der Waals surface area (Å²) in [6.45, 7) is 6.49. The Hall–Kier alpha value is -2.38. The van der Waals surface area contributed by atoms with Gasteiger partial charge in [-0.2, -0.15) is 4.31 Å². The Balaban J connectivity index is 1.79. The standard InChI is InChI=1S/C23H30N2O4S/c1-16-8-9-20(13-17(16)2)24(4)23(26)19-7-6-12-25(15-19)30(27,28)21-10-11-22(29-5)18(3)14-21/h8-11,13-14,19H,6-7,12,15H2,1-5H3/t19-/m0/s1. The summed E-state index contributed by atoms with van der Waals surface area (Å²) >= 11 is 0. The van der Waals surface area contributed by atoms with Crippen molar-refractivity contribution in [2.45, 2.75) is 38.5 Å². The minimum absolute atomic E-state index is 0.0518. The van der Waals surface area contributed by atoms with Crippen LogP contribution < -0.4 is 9.64 Å². The van der Waals surface area contributed by atoms with E-state index in [2.05, 4.69) is 0 Å². The van der Waals surface area contributed by atoms with Crippen molar-refractivity contribution in [2.75, 3.05) is 32.1 Å². The van der Waals surface area contributed by atoms with Crippen molar-refractivity contribution >= 4 is 21.6 Å². The van der Waals surface area contributed by atoms with E-state index in [1.54, 1.807) is 37.3 Å². The number of carbonyl (C=O) groups excluding carboxylic acids is 1. The molecule has 1 amide bonds. The van der Waals surface area contributed by atoms with Crippen LogP contribution in [0.3, 0.4) is 0 Å². The summed E-state index contributed by atoms with van der Waals surface area (Å²) in [5, 5.41) is 0. The highest BCUT2D eigenvalue weighted by molar-refractivity contribution is 7.89. The van der Waals surface area contributed by atoms with Gasteiger partial charge in [-0.25, -0.2) is 8.42 Å². The van der Waals surface area contributed by atoms with Gasteiger partial charge in [0.2, 0.25) is 15.9 Å². The van der Waals surface area contributed by atoms with E-state index in [0.717, 1.165) is 16.8 Å². The maximum absolute atomic E-state index is 13.2. The van der Waals surface area contributed by atoms with E-state index < -0.39 is 10.0 Å². The van der Waals surface area contributed by atoms with Crippen LogP contribution in [0.25, 0.3) is 0 Å². The minimum atomic E-state index is -3.67. The highest BCUT2D eigenvalue weighted by atomic mass is 32.2. The van der Waals surface area contributed by atoms with Crippen LogP contribution in [0.4, 0.5) is 5.69 Å². The summed E-state index contributed by atoms with van der Waals surface area (Å²) in [6.07, 6.45) is 1.34. The number of hydrogen-bond acceptors (Lipinski definition) is 4. The molecule has 1 heterocycles. The first-order chi connectivity index (χ1) is 14.1. The predicted octanol–water partition coefficient (Wildman–Crippen LogP) is 3.68. The van der Waals surface area contributed by atoms with Crippen LogP contribution in [0.1, 0.15) is 29.5 Å². The third kappa shape index (κ3) is 4.37. The summed E-state index contributed by atoms with van der Waals surface area (Å²) < 4.78 is 33.0. The molecule has 1 saturated heterocycles. The molecule has 2 aromatic rings. The van der Waals surface area contributed by atoms with Crippen LogP contribution >= 0.6 is 0 Å². The molecule has 0 saturated carbocycles. The third-order valence-corrected chi connectivity index (χ3v) is 7.81. The molecule has 0 aliphatic carbocycles. The van der Waals surface area contributed by atoms with Gasteiger partial charge in [0.15, 0.2) is 0 Å². The molecule has 162 valence electrons. The van der Waals surface area contributed by atoms with Crippen molar-refractivity contribution < 1.29 is 17.9 Å². The zero-order valence-electron chi connectivity index (χ0n) is 18.3. The maximum atomic E-state index is 13.2. The predicted molar refractivity (Wildman–Crippen MR) is 119 cm³/mol. The van der Waals surface area contributed by atoms with E-state index >= 15 is 0 Å². The summed E-state index contributed by atoms with van der Waals surface area (Å²) in [6, 6.07) is 10.8. The van der Waals surface area contributed by atoms with Crippen LogP contribution in [0.5, 0.6) is 5.75 Å². The topological polar surface area (TPSA) is 66.9 Å². The first kappa shape index (κ1) is 22.3. The van der Waals surface area contributed by atoms with E-state index in [1.807, 2.05) is 39.0 Å². The van der Waals surface area contributed by atoms with Gasteiger partial charge >= 0.3 is 0 Å². The van der Waals surface area contributed by atoms with E-state index in [-0.39, 0.29) is 23.3 Å². The van der Waals surface area contributed by atoms with E-state index in [1.165, 1.54) is 9.87 Å². The van der Waals surface area contributed by atoms with Gasteiger partial charge in [-0.05, 0) is 80.6 Å². The number of nitrogens with zero attached hydrogens (tertiary/aromatic N) is 2. The normalized spacial score (nSPS) is 17.6. The molecule has 1 aliphatic heterocycles. The number of carbonyl (C=O) groups is 1.